The van der Waals surface area contributed by atoms with E-state index >= 15 is 0 Å². The number of rotatable bonds is 8. The zero-order valence-electron chi connectivity index (χ0n) is 11.9. The highest BCUT2D eigenvalue weighted by Gasteiger charge is 2.20. The summed E-state index contributed by atoms with van der Waals surface area (Å²) in [6, 6.07) is 6.95. The summed E-state index contributed by atoms with van der Waals surface area (Å²) in [5.74, 6) is 0. The fourth-order valence-corrected chi connectivity index (χ4v) is 3.40. The van der Waals surface area contributed by atoms with Crippen LogP contribution in [0.25, 0.3) is 0 Å². The molecule has 1 atom stereocenters. The minimum atomic E-state index is -3.46. The Balaban J connectivity index is 2.88. The van der Waals surface area contributed by atoms with Gasteiger partial charge < -0.3 is 5.32 Å². The summed E-state index contributed by atoms with van der Waals surface area (Å²) in [6.07, 6.45) is 2.96. The SMILES string of the molecule is CCCCC(C)NS(=O)(=O)c1ccccc1NCC. The molecule has 0 saturated carbocycles. The fourth-order valence-electron chi connectivity index (χ4n) is 1.94. The van der Waals surface area contributed by atoms with Gasteiger partial charge in [-0.05, 0) is 32.4 Å². The molecule has 0 radical (unpaired) electrons. The largest absolute Gasteiger partial charge is 0.384 e. The van der Waals surface area contributed by atoms with Gasteiger partial charge in [0.05, 0.1) is 5.69 Å². The molecule has 0 aromatic heterocycles. The summed E-state index contributed by atoms with van der Waals surface area (Å²) in [4.78, 5) is 0.320. The highest BCUT2D eigenvalue weighted by Crippen LogP contribution is 2.21. The molecule has 0 spiro atoms. The van der Waals surface area contributed by atoms with E-state index in [1.54, 1.807) is 18.2 Å². The monoisotopic (exact) mass is 284 g/mol. The second-order valence-corrected chi connectivity index (χ2v) is 6.37. The van der Waals surface area contributed by atoms with E-state index in [9.17, 15) is 8.42 Å². The number of para-hydroxylation sites is 1. The molecule has 0 heterocycles. The lowest BCUT2D eigenvalue weighted by molar-refractivity contribution is 0.534. The van der Waals surface area contributed by atoms with Gasteiger partial charge >= 0.3 is 0 Å². The van der Waals surface area contributed by atoms with Crippen molar-refractivity contribution >= 4 is 15.7 Å². The van der Waals surface area contributed by atoms with Crippen LogP contribution in [0.2, 0.25) is 0 Å². The van der Waals surface area contributed by atoms with E-state index in [2.05, 4.69) is 17.0 Å². The van der Waals surface area contributed by atoms with Crippen LogP contribution in [0, 0.1) is 0 Å². The molecule has 0 aliphatic heterocycles. The van der Waals surface area contributed by atoms with E-state index < -0.39 is 10.0 Å². The Morgan fingerprint density at radius 2 is 1.89 bits per heavy atom. The number of benzene rings is 1. The van der Waals surface area contributed by atoms with Crippen LogP contribution in [0.15, 0.2) is 29.2 Å². The normalized spacial score (nSPS) is 13.2. The molecule has 108 valence electrons. The molecule has 0 fully saturated rings. The van der Waals surface area contributed by atoms with E-state index in [4.69, 9.17) is 0 Å². The summed E-state index contributed by atoms with van der Waals surface area (Å²) >= 11 is 0. The Kier molecular flexibility index (Phi) is 6.31. The molecule has 19 heavy (non-hydrogen) atoms. The smallest absolute Gasteiger partial charge is 0.242 e. The lowest BCUT2D eigenvalue weighted by Crippen LogP contribution is -2.33. The first-order valence-electron chi connectivity index (χ1n) is 6.86. The maximum atomic E-state index is 12.4. The number of hydrogen-bond acceptors (Lipinski definition) is 3. The molecule has 1 rings (SSSR count). The lowest BCUT2D eigenvalue weighted by Gasteiger charge is -2.16. The molecule has 0 aliphatic carbocycles. The van der Waals surface area contributed by atoms with Gasteiger partial charge in [0.2, 0.25) is 10.0 Å². The molecule has 1 unspecified atom stereocenters. The first kappa shape index (κ1) is 16.0. The van der Waals surface area contributed by atoms with Crippen LogP contribution in [0.4, 0.5) is 5.69 Å². The zero-order valence-corrected chi connectivity index (χ0v) is 12.8. The summed E-state index contributed by atoms with van der Waals surface area (Å²) in [5, 5.41) is 3.08. The first-order valence-corrected chi connectivity index (χ1v) is 8.34. The second kappa shape index (κ2) is 7.50. The van der Waals surface area contributed by atoms with Gasteiger partial charge in [-0.3, -0.25) is 0 Å². The van der Waals surface area contributed by atoms with Crippen molar-refractivity contribution < 1.29 is 8.42 Å². The third-order valence-corrected chi connectivity index (χ3v) is 4.54. The van der Waals surface area contributed by atoms with Crippen molar-refractivity contribution in [2.45, 2.75) is 51.0 Å². The molecular weight excluding hydrogens is 260 g/mol. The Bertz CT molecular complexity index is 486. The fraction of sp³-hybridized carbons (Fsp3) is 0.571. The maximum Gasteiger partial charge on any atom is 0.242 e. The first-order chi connectivity index (χ1) is 9.01. The van der Waals surface area contributed by atoms with Crippen LogP contribution in [-0.2, 0) is 10.0 Å². The predicted octanol–water partition coefficient (Wildman–Crippen LogP) is 2.98. The zero-order chi connectivity index (χ0) is 14.3. The van der Waals surface area contributed by atoms with Crippen molar-refractivity contribution in [1.29, 1.82) is 0 Å². The van der Waals surface area contributed by atoms with Crippen LogP contribution in [0.1, 0.15) is 40.0 Å². The average Bonchev–Trinajstić information content (AvgIpc) is 2.37. The molecule has 0 amide bonds. The maximum absolute atomic E-state index is 12.4. The van der Waals surface area contributed by atoms with E-state index in [0.29, 0.717) is 17.1 Å². The molecule has 1 aromatic carbocycles. The van der Waals surface area contributed by atoms with Gasteiger partial charge in [-0.1, -0.05) is 31.9 Å². The van der Waals surface area contributed by atoms with Crippen molar-refractivity contribution in [3.05, 3.63) is 24.3 Å². The number of nitrogens with one attached hydrogen (secondary N) is 2. The van der Waals surface area contributed by atoms with E-state index in [1.807, 2.05) is 19.9 Å². The second-order valence-electron chi connectivity index (χ2n) is 4.69. The predicted molar refractivity (Wildman–Crippen MR) is 79.9 cm³/mol. The van der Waals surface area contributed by atoms with Crippen molar-refractivity contribution in [3.63, 3.8) is 0 Å². The van der Waals surface area contributed by atoms with Crippen LogP contribution in [-0.4, -0.2) is 21.0 Å². The quantitative estimate of drug-likeness (QED) is 0.771. The Hall–Kier alpha value is -1.07. The van der Waals surface area contributed by atoms with Crippen molar-refractivity contribution in [1.82, 2.24) is 4.72 Å². The van der Waals surface area contributed by atoms with Gasteiger partial charge in [-0.15, -0.1) is 0 Å². The van der Waals surface area contributed by atoms with Crippen molar-refractivity contribution in [2.75, 3.05) is 11.9 Å². The van der Waals surface area contributed by atoms with Gasteiger partial charge in [0.25, 0.3) is 0 Å². The topological polar surface area (TPSA) is 58.2 Å². The van der Waals surface area contributed by atoms with Gasteiger partial charge in [-0.2, -0.15) is 0 Å². The van der Waals surface area contributed by atoms with Crippen molar-refractivity contribution in [3.8, 4) is 0 Å². The van der Waals surface area contributed by atoms with Gasteiger partial charge in [0.1, 0.15) is 4.90 Å². The number of sulfonamides is 1. The lowest BCUT2D eigenvalue weighted by atomic mass is 10.2. The van der Waals surface area contributed by atoms with Gasteiger partial charge in [0, 0.05) is 12.6 Å². The number of unbranched alkanes of at least 4 members (excludes halogenated alkanes) is 1. The molecular formula is C14H24N2O2S. The molecule has 0 bridgehead atoms. The van der Waals surface area contributed by atoms with Crippen LogP contribution < -0.4 is 10.0 Å². The molecule has 5 heteroatoms. The summed E-state index contributed by atoms with van der Waals surface area (Å²) < 4.78 is 27.4. The number of hydrogen-bond donors (Lipinski definition) is 2. The average molecular weight is 284 g/mol. The van der Waals surface area contributed by atoms with Crippen LogP contribution >= 0.6 is 0 Å². The standard InChI is InChI=1S/C14H24N2O2S/c1-4-6-9-12(3)16-19(17,18)14-11-8-7-10-13(14)15-5-2/h7-8,10-12,15-16H,4-6,9H2,1-3H3. The minimum absolute atomic E-state index is 0.0420. The molecule has 4 nitrogen and oxygen atoms in total. The summed E-state index contributed by atoms with van der Waals surface area (Å²) in [6.45, 7) is 6.64. The summed E-state index contributed by atoms with van der Waals surface area (Å²) in [5.41, 5.74) is 0.653. The molecule has 0 saturated heterocycles. The molecule has 2 N–H and O–H groups in total. The third-order valence-electron chi connectivity index (χ3n) is 2.89. The highest BCUT2D eigenvalue weighted by molar-refractivity contribution is 7.89. The Morgan fingerprint density at radius 3 is 2.53 bits per heavy atom. The highest BCUT2D eigenvalue weighted by atomic mass is 32.2. The van der Waals surface area contributed by atoms with E-state index in [-0.39, 0.29) is 6.04 Å². The Morgan fingerprint density at radius 1 is 1.21 bits per heavy atom. The van der Waals surface area contributed by atoms with Crippen LogP contribution in [0.5, 0.6) is 0 Å². The molecule has 0 aliphatic rings. The van der Waals surface area contributed by atoms with E-state index in [0.717, 1.165) is 19.3 Å². The summed E-state index contributed by atoms with van der Waals surface area (Å²) in [7, 11) is -3.46. The minimum Gasteiger partial charge on any atom is -0.384 e. The molecule has 1 aromatic rings. The van der Waals surface area contributed by atoms with Crippen LogP contribution in [0.3, 0.4) is 0 Å². The van der Waals surface area contributed by atoms with Gasteiger partial charge in [0.15, 0.2) is 0 Å². The van der Waals surface area contributed by atoms with Gasteiger partial charge in [-0.25, -0.2) is 13.1 Å². The van der Waals surface area contributed by atoms with Crippen molar-refractivity contribution in [2.24, 2.45) is 0 Å². The number of anilines is 1. The van der Waals surface area contributed by atoms with E-state index in [1.165, 1.54) is 0 Å². The Labute approximate surface area is 116 Å². The third kappa shape index (κ3) is 4.84.